The molecule has 0 aromatic heterocycles. The average molecular weight is 268 g/mol. The predicted molar refractivity (Wildman–Crippen MR) is 80.9 cm³/mol. The standard InChI is InChI=1S/C18H20O2/c1-13-5-3-7-15(9-13)11-17(18(19)20)12-16-8-4-6-14(2)10-16/h3-10,17H,11-12H2,1-2H3,(H,19,20). The number of benzene rings is 2. The maximum atomic E-state index is 11.5. The fraction of sp³-hybridized carbons (Fsp3) is 0.278. The highest BCUT2D eigenvalue weighted by Gasteiger charge is 2.18. The Labute approximate surface area is 120 Å². The lowest BCUT2D eigenvalue weighted by Crippen LogP contribution is -2.19. The topological polar surface area (TPSA) is 37.3 Å². The second-order valence-corrected chi connectivity index (χ2v) is 5.42. The van der Waals surface area contributed by atoms with Gasteiger partial charge in [0.05, 0.1) is 5.92 Å². The third kappa shape index (κ3) is 3.95. The van der Waals surface area contributed by atoms with Crippen LogP contribution in [0.15, 0.2) is 48.5 Å². The van der Waals surface area contributed by atoms with Gasteiger partial charge in [0.25, 0.3) is 0 Å². The fourth-order valence-electron chi connectivity index (χ4n) is 2.49. The lowest BCUT2D eigenvalue weighted by atomic mass is 9.91. The fourth-order valence-corrected chi connectivity index (χ4v) is 2.49. The van der Waals surface area contributed by atoms with Crippen molar-refractivity contribution >= 4 is 5.97 Å². The van der Waals surface area contributed by atoms with Crippen LogP contribution in [0.4, 0.5) is 0 Å². The number of rotatable bonds is 5. The zero-order valence-corrected chi connectivity index (χ0v) is 12.0. The number of aryl methyl sites for hydroxylation is 2. The first-order valence-electron chi connectivity index (χ1n) is 6.88. The number of carboxylic acids is 1. The summed E-state index contributed by atoms with van der Waals surface area (Å²) in [6.07, 6.45) is 1.15. The highest BCUT2D eigenvalue weighted by atomic mass is 16.4. The van der Waals surface area contributed by atoms with E-state index >= 15 is 0 Å². The summed E-state index contributed by atoms with van der Waals surface area (Å²) in [4.78, 5) is 11.5. The van der Waals surface area contributed by atoms with Crippen molar-refractivity contribution in [1.82, 2.24) is 0 Å². The molecule has 2 heteroatoms. The van der Waals surface area contributed by atoms with Crippen molar-refractivity contribution in [2.45, 2.75) is 26.7 Å². The lowest BCUT2D eigenvalue weighted by Gasteiger charge is -2.13. The van der Waals surface area contributed by atoms with Crippen LogP contribution in [0.25, 0.3) is 0 Å². The summed E-state index contributed by atoms with van der Waals surface area (Å²) >= 11 is 0. The third-order valence-electron chi connectivity index (χ3n) is 3.48. The molecule has 0 saturated heterocycles. The molecule has 2 aromatic rings. The Balaban J connectivity index is 2.13. The molecule has 0 amide bonds. The van der Waals surface area contributed by atoms with Crippen molar-refractivity contribution in [1.29, 1.82) is 0 Å². The van der Waals surface area contributed by atoms with E-state index < -0.39 is 5.97 Å². The molecule has 1 N–H and O–H groups in total. The van der Waals surface area contributed by atoms with E-state index in [2.05, 4.69) is 12.1 Å². The van der Waals surface area contributed by atoms with Gasteiger partial charge in [0.15, 0.2) is 0 Å². The van der Waals surface area contributed by atoms with Gasteiger partial charge in [-0.25, -0.2) is 0 Å². The number of aliphatic carboxylic acids is 1. The van der Waals surface area contributed by atoms with Crippen LogP contribution >= 0.6 is 0 Å². The minimum absolute atomic E-state index is 0.376. The van der Waals surface area contributed by atoms with E-state index in [9.17, 15) is 9.90 Å². The molecule has 0 heterocycles. The van der Waals surface area contributed by atoms with Gasteiger partial charge in [0.1, 0.15) is 0 Å². The van der Waals surface area contributed by atoms with Gasteiger partial charge in [-0.2, -0.15) is 0 Å². The van der Waals surface area contributed by atoms with Gasteiger partial charge in [-0.05, 0) is 37.8 Å². The van der Waals surface area contributed by atoms with E-state index in [1.54, 1.807) is 0 Å². The first-order chi connectivity index (χ1) is 9.54. The summed E-state index contributed by atoms with van der Waals surface area (Å²) < 4.78 is 0. The van der Waals surface area contributed by atoms with Crippen LogP contribution in [0.5, 0.6) is 0 Å². The van der Waals surface area contributed by atoms with Gasteiger partial charge in [-0.3, -0.25) is 4.79 Å². The van der Waals surface area contributed by atoms with Crippen molar-refractivity contribution in [3.05, 3.63) is 70.8 Å². The Morgan fingerprint density at radius 2 is 1.40 bits per heavy atom. The molecule has 0 spiro atoms. The summed E-state index contributed by atoms with van der Waals surface area (Å²) in [5, 5.41) is 9.43. The molecular weight excluding hydrogens is 248 g/mol. The molecule has 0 atom stereocenters. The summed E-state index contributed by atoms with van der Waals surface area (Å²) in [6.45, 7) is 4.06. The van der Waals surface area contributed by atoms with Gasteiger partial charge in [0.2, 0.25) is 0 Å². The molecule has 104 valence electrons. The molecule has 2 nitrogen and oxygen atoms in total. The van der Waals surface area contributed by atoms with Gasteiger partial charge in [-0.15, -0.1) is 0 Å². The molecule has 0 saturated carbocycles. The van der Waals surface area contributed by atoms with Crippen molar-refractivity contribution in [2.75, 3.05) is 0 Å². The monoisotopic (exact) mass is 268 g/mol. The molecule has 0 aliphatic rings. The van der Waals surface area contributed by atoms with Gasteiger partial charge < -0.3 is 5.11 Å². The number of hydrogen-bond donors (Lipinski definition) is 1. The van der Waals surface area contributed by atoms with Crippen molar-refractivity contribution in [3.63, 3.8) is 0 Å². The lowest BCUT2D eigenvalue weighted by molar-refractivity contribution is -0.141. The quantitative estimate of drug-likeness (QED) is 0.895. The zero-order chi connectivity index (χ0) is 14.5. The normalized spacial score (nSPS) is 10.8. The van der Waals surface area contributed by atoms with Crippen LogP contribution in [0, 0.1) is 19.8 Å². The van der Waals surface area contributed by atoms with Crippen LogP contribution in [-0.2, 0) is 17.6 Å². The summed E-state index contributed by atoms with van der Waals surface area (Å²) in [5.41, 5.74) is 4.51. The van der Waals surface area contributed by atoms with Crippen LogP contribution in [0.3, 0.4) is 0 Å². The molecule has 0 radical (unpaired) electrons. The van der Waals surface area contributed by atoms with Crippen LogP contribution in [0.2, 0.25) is 0 Å². The van der Waals surface area contributed by atoms with Gasteiger partial charge in [-0.1, -0.05) is 59.7 Å². The molecule has 0 bridgehead atoms. The first kappa shape index (κ1) is 14.3. The molecular formula is C18H20O2. The summed E-state index contributed by atoms with van der Waals surface area (Å²) in [6, 6.07) is 16.1. The smallest absolute Gasteiger partial charge is 0.307 e. The first-order valence-corrected chi connectivity index (χ1v) is 6.88. The highest BCUT2D eigenvalue weighted by molar-refractivity contribution is 5.71. The molecule has 2 rings (SSSR count). The van der Waals surface area contributed by atoms with Crippen LogP contribution in [-0.4, -0.2) is 11.1 Å². The van der Waals surface area contributed by atoms with Crippen molar-refractivity contribution in [2.24, 2.45) is 5.92 Å². The summed E-state index contributed by atoms with van der Waals surface area (Å²) in [7, 11) is 0. The molecule has 0 aliphatic heterocycles. The second kappa shape index (κ2) is 6.38. The predicted octanol–water partition coefficient (Wildman–Crippen LogP) is 3.79. The molecule has 20 heavy (non-hydrogen) atoms. The number of carboxylic acid groups (broad SMARTS) is 1. The van der Waals surface area contributed by atoms with Crippen LogP contribution < -0.4 is 0 Å². The zero-order valence-electron chi connectivity index (χ0n) is 12.0. The van der Waals surface area contributed by atoms with E-state index in [0.29, 0.717) is 12.8 Å². The molecule has 0 unspecified atom stereocenters. The Hall–Kier alpha value is -2.09. The minimum Gasteiger partial charge on any atom is -0.481 e. The van der Waals surface area contributed by atoms with Gasteiger partial charge >= 0.3 is 5.97 Å². The third-order valence-corrected chi connectivity index (χ3v) is 3.48. The average Bonchev–Trinajstić information content (AvgIpc) is 2.38. The van der Waals surface area contributed by atoms with E-state index in [-0.39, 0.29) is 5.92 Å². The molecule has 2 aromatic carbocycles. The second-order valence-electron chi connectivity index (χ2n) is 5.42. The Bertz CT molecular complexity index is 554. The highest BCUT2D eigenvalue weighted by Crippen LogP contribution is 2.17. The number of carbonyl (C=O) groups is 1. The van der Waals surface area contributed by atoms with Crippen molar-refractivity contribution < 1.29 is 9.90 Å². The Kier molecular flexibility index (Phi) is 4.57. The Morgan fingerprint density at radius 3 is 1.75 bits per heavy atom. The van der Waals surface area contributed by atoms with Crippen molar-refractivity contribution in [3.8, 4) is 0 Å². The van der Waals surface area contributed by atoms with E-state index in [0.717, 1.165) is 11.1 Å². The van der Waals surface area contributed by atoms with E-state index in [4.69, 9.17) is 0 Å². The Morgan fingerprint density at radius 1 is 0.950 bits per heavy atom. The maximum Gasteiger partial charge on any atom is 0.307 e. The maximum absolute atomic E-state index is 11.5. The largest absolute Gasteiger partial charge is 0.481 e. The van der Waals surface area contributed by atoms with E-state index in [1.165, 1.54) is 11.1 Å². The molecule has 0 fully saturated rings. The molecule has 0 aliphatic carbocycles. The SMILES string of the molecule is Cc1cccc(CC(Cc2cccc(C)c2)C(=O)O)c1. The minimum atomic E-state index is -0.729. The number of hydrogen-bond acceptors (Lipinski definition) is 1. The van der Waals surface area contributed by atoms with Gasteiger partial charge in [0, 0.05) is 0 Å². The van der Waals surface area contributed by atoms with Crippen LogP contribution in [0.1, 0.15) is 22.3 Å². The summed E-state index contributed by atoms with van der Waals surface area (Å²) in [5.74, 6) is -1.10. The van der Waals surface area contributed by atoms with E-state index in [1.807, 2.05) is 50.2 Å².